The topological polar surface area (TPSA) is 55.1 Å². The number of carbonyl (C=O) groups is 1. The number of hydrogen-bond acceptors (Lipinski definition) is 3. The van der Waals surface area contributed by atoms with Crippen LogP contribution in [0.15, 0.2) is 6.07 Å². The normalized spacial score (nSPS) is 13.7. The molecule has 0 fully saturated rings. The zero-order chi connectivity index (χ0) is 13.2. The second kappa shape index (κ2) is 5.19. The highest BCUT2D eigenvalue weighted by Crippen LogP contribution is 2.26. The third-order valence-electron chi connectivity index (χ3n) is 3.06. The summed E-state index contributed by atoms with van der Waals surface area (Å²) in [5.74, 6) is -0.268. The lowest BCUT2D eigenvalue weighted by Gasteiger charge is -2.24. The van der Waals surface area contributed by atoms with E-state index in [2.05, 4.69) is 32.2 Å². The lowest BCUT2D eigenvalue weighted by atomic mass is 9.92. The van der Waals surface area contributed by atoms with Crippen molar-refractivity contribution in [1.82, 2.24) is 5.32 Å². The fraction of sp³-hybridized carbons (Fsp3) is 0.615. The Morgan fingerprint density at radius 1 is 1.53 bits per heavy atom. The van der Waals surface area contributed by atoms with Crippen LogP contribution in [-0.4, -0.2) is 12.5 Å². The molecule has 0 bridgehead atoms. The maximum atomic E-state index is 11.2. The van der Waals surface area contributed by atoms with E-state index in [1.807, 2.05) is 13.8 Å². The molecule has 1 atom stereocenters. The Kier molecular flexibility index (Phi) is 4.33. The fourth-order valence-electron chi connectivity index (χ4n) is 1.69. The second-order valence-electron chi connectivity index (χ2n) is 5.22. The summed E-state index contributed by atoms with van der Waals surface area (Å²) < 4.78 is 0. The van der Waals surface area contributed by atoms with Gasteiger partial charge in [0.2, 0.25) is 5.91 Å². The molecule has 0 saturated heterocycles. The highest BCUT2D eigenvalue weighted by molar-refractivity contribution is 7.12. The van der Waals surface area contributed by atoms with Crippen LogP contribution >= 0.6 is 11.3 Å². The van der Waals surface area contributed by atoms with Crippen molar-refractivity contribution in [1.29, 1.82) is 0 Å². The van der Waals surface area contributed by atoms with Crippen molar-refractivity contribution in [2.24, 2.45) is 11.1 Å². The van der Waals surface area contributed by atoms with Gasteiger partial charge in [-0.05, 0) is 46.2 Å². The molecule has 3 nitrogen and oxygen atoms in total. The molecule has 17 heavy (non-hydrogen) atoms. The monoisotopic (exact) mass is 254 g/mol. The Bertz CT molecular complexity index is 410. The van der Waals surface area contributed by atoms with E-state index in [4.69, 9.17) is 5.73 Å². The number of amides is 1. The zero-order valence-corrected chi connectivity index (χ0v) is 12.1. The summed E-state index contributed by atoms with van der Waals surface area (Å²) in [6.45, 7) is 10.7. The Morgan fingerprint density at radius 2 is 2.12 bits per heavy atom. The van der Waals surface area contributed by atoms with Crippen molar-refractivity contribution in [2.75, 3.05) is 6.54 Å². The molecule has 1 aromatic rings. The molecule has 1 rings (SSSR count). The third-order valence-corrected chi connectivity index (χ3v) is 4.04. The van der Waals surface area contributed by atoms with Crippen LogP contribution in [0.2, 0.25) is 0 Å². The smallest absolute Gasteiger partial charge is 0.224 e. The van der Waals surface area contributed by atoms with Crippen molar-refractivity contribution in [3.63, 3.8) is 0 Å². The van der Waals surface area contributed by atoms with Gasteiger partial charge in [-0.15, -0.1) is 11.3 Å². The number of aryl methyl sites for hydroxylation is 2. The number of rotatable bonds is 5. The van der Waals surface area contributed by atoms with E-state index < -0.39 is 5.41 Å². The molecule has 0 aliphatic rings. The molecule has 1 amide bonds. The zero-order valence-electron chi connectivity index (χ0n) is 11.3. The van der Waals surface area contributed by atoms with Crippen LogP contribution in [-0.2, 0) is 4.79 Å². The minimum Gasteiger partial charge on any atom is -0.369 e. The van der Waals surface area contributed by atoms with Crippen molar-refractivity contribution < 1.29 is 4.79 Å². The predicted molar refractivity (Wildman–Crippen MR) is 73.2 cm³/mol. The van der Waals surface area contributed by atoms with Crippen LogP contribution in [0.5, 0.6) is 0 Å². The van der Waals surface area contributed by atoms with Gasteiger partial charge in [0, 0.05) is 22.3 Å². The van der Waals surface area contributed by atoms with Gasteiger partial charge in [0.05, 0.1) is 5.41 Å². The van der Waals surface area contributed by atoms with Crippen molar-refractivity contribution in [3.8, 4) is 0 Å². The highest BCUT2D eigenvalue weighted by Gasteiger charge is 2.25. The summed E-state index contributed by atoms with van der Waals surface area (Å²) in [7, 11) is 0. The summed E-state index contributed by atoms with van der Waals surface area (Å²) >= 11 is 1.81. The highest BCUT2D eigenvalue weighted by atomic mass is 32.1. The Balaban J connectivity index is 2.65. The van der Waals surface area contributed by atoms with Crippen LogP contribution in [0.1, 0.15) is 42.1 Å². The minimum absolute atomic E-state index is 0.249. The van der Waals surface area contributed by atoms with Gasteiger partial charge in [-0.1, -0.05) is 0 Å². The molecule has 3 N–H and O–H groups in total. The van der Waals surface area contributed by atoms with Gasteiger partial charge in [-0.25, -0.2) is 0 Å². The number of hydrogen-bond donors (Lipinski definition) is 2. The molecule has 0 aliphatic heterocycles. The van der Waals surface area contributed by atoms with E-state index in [0.717, 1.165) is 0 Å². The lowest BCUT2D eigenvalue weighted by molar-refractivity contribution is -0.125. The van der Waals surface area contributed by atoms with Gasteiger partial charge in [-0.3, -0.25) is 4.79 Å². The van der Waals surface area contributed by atoms with Crippen LogP contribution < -0.4 is 11.1 Å². The quantitative estimate of drug-likeness (QED) is 0.848. The first-order chi connectivity index (χ1) is 7.74. The second-order valence-corrected chi connectivity index (χ2v) is 6.68. The van der Waals surface area contributed by atoms with Crippen molar-refractivity contribution >= 4 is 17.2 Å². The largest absolute Gasteiger partial charge is 0.369 e. The summed E-state index contributed by atoms with van der Waals surface area (Å²) in [5, 5.41) is 3.38. The van der Waals surface area contributed by atoms with E-state index in [1.165, 1.54) is 15.3 Å². The van der Waals surface area contributed by atoms with E-state index in [1.54, 1.807) is 11.3 Å². The molecule has 4 heteroatoms. The summed E-state index contributed by atoms with van der Waals surface area (Å²) in [4.78, 5) is 13.9. The molecule has 0 saturated carbocycles. The van der Waals surface area contributed by atoms with Gasteiger partial charge >= 0.3 is 0 Å². The fourth-order valence-corrected chi connectivity index (χ4v) is 2.71. The molecule has 1 heterocycles. The van der Waals surface area contributed by atoms with E-state index in [9.17, 15) is 4.79 Å². The van der Waals surface area contributed by atoms with Crippen LogP contribution in [0.25, 0.3) is 0 Å². The molecule has 0 spiro atoms. The van der Waals surface area contributed by atoms with Gasteiger partial charge in [-0.2, -0.15) is 0 Å². The molecule has 1 aromatic heterocycles. The first kappa shape index (κ1) is 14.2. The Labute approximate surface area is 107 Å². The first-order valence-corrected chi connectivity index (χ1v) is 6.66. The molecule has 96 valence electrons. The summed E-state index contributed by atoms with van der Waals surface area (Å²) in [6, 6.07) is 2.45. The van der Waals surface area contributed by atoms with Crippen LogP contribution in [0, 0.1) is 19.3 Å². The maximum Gasteiger partial charge on any atom is 0.224 e. The number of thiophene rings is 1. The minimum atomic E-state index is -0.507. The SMILES string of the molecule is Cc1cc(C(C)NCC(C)(C)C(N)=O)c(C)s1. The Hall–Kier alpha value is -0.870. The average Bonchev–Trinajstić information content (AvgIpc) is 2.54. The van der Waals surface area contributed by atoms with E-state index in [-0.39, 0.29) is 11.9 Å². The molecule has 0 aliphatic carbocycles. The van der Waals surface area contributed by atoms with Crippen LogP contribution in [0.4, 0.5) is 0 Å². The molecule has 1 unspecified atom stereocenters. The van der Waals surface area contributed by atoms with Crippen molar-refractivity contribution in [3.05, 3.63) is 21.4 Å². The van der Waals surface area contributed by atoms with Gasteiger partial charge in [0.1, 0.15) is 0 Å². The van der Waals surface area contributed by atoms with E-state index >= 15 is 0 Å². The summed E-state index contributed by atoms with van der Waals surface area (Å²) in [6.07, 6.45) is 0. The van der Waals surface area contributed by atoms with Gasteiger partial charge < -0.3 is 11.1 Å². The molecular weight excluding hydrogens is 232 g/mol. The molecule has 0 radical (unpaired) electrons. The Morgan fingerprint density at radius 3 is 2.53 bits per heavy atom. The number of nitrogens with two attached hydrogens (primary N) is 1. The first-order valence-electron chi connectivity index (χ1n) is 5.84. The number of carbonyl (C=O) groups excluding carboxylic acids is 1. The molecular formula is C13H22N2OS. The van der Waals surface area contributed by atoms with Crippen molar-refractivity contribution in [2.45, 2.75) is 40.7 Å². The lowest BCUT2D eigenvalue weighted by Crippen LogP contribution is -2.41. The summed E-state index contributed by atoms with van der Waals surface area (Å²) in [5.41, 5.74) is 6.16. The number of primary amides is 1. The third kappa shape index (κ3) is 3.54. The van der Waals surface area contributed by atoms with Gasteiger partial charge in [0.15, 0.2) is 0 Å². The standard InChI is InChI=1S/C13H22N2OS/c1-8-6-11(10(3)17-8)9(2)15-7-13(4,5)12(14)16/h6,9,15H,7H2,1-5H3,(H2,14,16). The van der Waals surface area contributed by atoms with E-state index in [0.29, 0.717) is 6.54 Å². The molecule has 0 aromatic carbocycles. The number of nitrogens with one attached hydrogen (secondary N) is 1. The maximum absolute atomic E-state index is 11.2. The average molecular weight is 254 g/mol. The van der Waals surface area contributed by atoms with Gasteiger partial charge in [0.25, 0.3) is 0 Å². The predicted octanol–water partition coefficient (Wildman–Crippen LogP) is 2.53. The van der Waals surface area contributed by atoms with Crippen LogP contribution in [0.3, 0.4) is 0 Å².